The van der Waals surface area contributed by atoms with E-state index in [4.69, 9.17) is 18.8 Å². The number of carbonyl (C=O) groups excluding carboxylic acids is 2. The minimum Gasteiger partial charge on any atom is -0.444 e. The standard InChI is InChI=1S/C17H22N4O2S.C16H29BNO4.C7H6BrN3S/c1-17(2,3)23-16(22)21-9-7-12(8-10-21)13-5-6-14(24-13)15-18-11-20(4)19-15;1-14(2,3)20-13(19)18-10-8-12(9-11-18)17-21-15(4,5)16(6,7)22-17;1-11-4-9-7(10-11)5-2-3-6(8)12-5/h5-7,11H,8-10H2,1-4H3;10,12H,8-9,11H2,1-7H3;2-4H,1H3/q;+1;. The van der Waals surface area contributed by atoms with Gasteiger partial charge in [0, 0.05) is 50.7 Å². The highest BCUT2D eigenvalue weighted by atomic mass is 79.9. The van der Waals surface area contributed by atoms with Crippen molar-refractivity contribution in [1.29, 1.82) is 0 Å². The Morgan fingerprint density at radius 3 is 1.86 bits per heavy atom. The fraction of sp³-hybridized carbons (Fsp3) is 0.575. The molecule has 58 heavy (non-hydrogen) atoms. The summed E-state index contributed by atoms with van der Waals surface area (Å²) in [5.74, 6) is 1.81. The maximum absolute atomic E-state index is 12.1. The van der Waals surface area contributed by atoms with Crippen LogP contribution in [0, 0.1) is 0 Å². The van der Waals surface area contributed by atoms with Crippen molar-refractivity contribution in [2.24, 2.45) is 14.1 Å². The molecule has 0 bridgehead atoms. The van der Waals surface area contributed by atoms with Gasteiger partial charge in [-0.3, -0.25) is 9.36 Å². The highest BCUT2D eigenvalue weighted by Gasteiger charge is 2.54. The molecule has 0 aliphatic carbocycles. The van der Waals surface area contributed by atoms with Crippen LogP contribution in [-0.4, -0.2) is 107 Å². The number of carbonyl (C=O) groups is 2. The molecule has 2 amide bonds. The predicted molar refractivity (Wildman–Crippen MR) is 233 cm³/mol. The molecule has 1 saturated heterocycles. The van der Waals surface area contributed by atoms with Crippen LogP contribution in [0.25, 0.3) is 27.0 Å². The third-order valence-corrected chi connectivity index (χ3v) is 12.4. The number of ether oxygens (including phenoxy) is 2. The van der Waals surface area contributed by atoms with Gasteiger partial charge in [0.25, 0.3) is 0 Å². The van der Waals surface area contributed by atoms with Crippen LogP contribution in [0.1, 0.15) is 93.4 Å². The van der Waals surface area contributed by atoms with E-state index in [1.165, 1.54) is 10.5 Å². The fourth-order valence-corrected chi connectivity index (χ4v) is 8.28. The molecule has 1 fully saturated rings. The van der Waals surface area contributed by atoms with Gasteiger partial charge in [0.1, 0.15) is 23.9 Å². The summed E-state index contributed by atoms with van der Waals surface area (Å²) in [6, 6.07) is 8.15. The average Bonchev–Trinajstić information content (AvgIpc) is 3.97. The highest BCUT2D eigenvalue weighted by molar-refractivity contribution is 9.11. The molecule has 18 heteroatoms. The lowest BCUT2D eigenvalue weighted by Gasteiger charge is -2.32. The van der Waals surface area contributed by atoms with E-state index in [0.29, 0.717) is 19.6 Å². The van der Waals surface area contributed by atoms with Crippen molar-refractivity contribution in [3.8, 4) is 21.4 Å². The molecule has 1 atom stereocenters. The van der Waals surface area contributed by atoms with Crippen molar-refractivity contribution in [1.82, 2.24) is 34.4 Å². The lowest BCUT2D eigenvalue weighted by atomic mass is 9.67. The number of hydrogen-bond donors (Lipinski definition) is 0. The molecule has 0 aromatic carbocycles. The van der Waals surface area contributed by atoms with Gasteiger partial charge in [-0.2, -0.15) is 15.0 Å². The molecule has 7 heterocycles. The summed E-state index contributed by atoms with van der Waals surface area (Å²) >= 11 is 6.71. The van der Waals surface area contributed by atoms with Crippen LogP contribution in [0.15, 0.2) is 46.8 Å². The van der Waals surface area contributed by atoms with E-state index >= 15 is 0 Å². The van der Waals surface area contributed by atoms with Crippen molar-refractivity contribution in [3.63, 3.8) is 0 Å². The van der Waals surface area contributed by atoms with Gasteiger partial charge in [0.15, 0.2) is 24.4 Å². The molecule has 314 valence electrons. The molecule has 0 N–H and O–H groups in total. The van der Waals surface area contributed by atoms with Gasteiger partial charge in [-0.05, 0) is 121 Å². The normalized spacial score (nSPS) is 18.9. The minimum atomic E-state index is -0.465. The number of aromatic nitrogens is 6. The topological polar surface area (TPSA) is 139 Å². The van der Waals surface area contributed by atoms with Crippen LogP contribution in [0.2, 0.25) is 5.82 Å². The van der Waals surface area contributed by atoms with Crippen LogP contribution < -0.4 is 0 Å². The number of nitrogens with zero attached hydrogens (tertiary/aromatic N) is 8. The number of aryl methyl sites for hydroxylation is 2. The minimum absolute atomic E-state index is 0.206. The number of amides is 2. The zero-order valence-corrected chi connectivity index (χ0v) is 39.0. The largest absolute Gasteiger partial charge is 0.596 e. The summed E-state index contributed by atoms with van der Waals surface area (Å²) in [5, 5.41) is 8.53. The van der Waals surface area contributed by atoms with Crippen molar-refractivity contribution < 1.29 is 32.9 Å². The monoisotopic (exact) mass is 899 g/mol. The maximum atomic E-state index is 12.1. The predicted octanol–water partition coefficient (Wildman–Crippen LogP) is 9.13. The van der Waals surface area contributed by atoms with Crippen LogP contribution in [-0.2, 0) is 32.9 Å². The summed E-state index contributed by atoms with van der Waals surface area (Å²) in [7, 11) is 3.51. The van der Waals surface area contributed by atoms with E-state index in [-0.39, 0.29) is 36.3 Å². The second-order valence-electron chi connectivity index (χ2n) is 17.4. The second-order valence-corrected chi connectivity index (χ2v) is 21.0. The van der Waals surface area contributed by atoms with Crippen molar-refractivity contribution >= 4 is 69.7 Å². The first-order chi connectivity index (χ1) is 27.0. The van der Waals surface area contributed by atoms with Crippen LogP contribution in [0.3, 0.4) is 0 Å². The van der Waals surface area contributed by atoms with Gasteiger partial charge in [-0.15, -0.1) is 27.2 Å². The Bertz CT molecular complexity index is 2050. The van der Waals surface area contributed by atoms with Crippen LogP contribution >= 0.6 is 38.6 Å². The van der Waals surface area contributed by atoms with E-state index < -0.39 is 11.2 Å². The third kappa shape index (κ3) is 12.4. The van der Waals surface area contributed by atoms with Gasteiger partial charge in [0.2, 0.25) is 0 Å². The van der Waals surface area contributed by atoms with Crippen molar-refractivity contribution in [2.45, 2.75) is 117 Å². The summed E-state index contributed by atoms with van der Waals surface area (Å²) in [6.45, 7) is 21.4. The SMILES string of the molecule is CC(C)(C)OC(=O)[N+]1=CCC(B2OC(C)(C)C(C)(C)O2)CC1.Cn1cnc(-c2ccc(Br)s2)n1.Cn1cnc(-c2ccc(C3=CCN(C(=O)OC(C)(C)C)CC3)s2)n1. The Kier molecular flexibility index (Phi) is 14.3. The first kappa shape index (κ1) is 45.4. The molecular weight excluding hydrogens is 843 g/mol. The molecule has 0 saturated carbocycles. The quantitative estimate of drug-likeness (QED) is 0.144. The molecule has 4 aromatic heterocycles. The first-order valence-corrected chi connectivity index (χ1v) is 21.8. The third-order valence-electron chi connectivity index (χ3n) is 9.65. The smallest absolute Gasteiger partial charge is 0.444 e. The Morgan fingerprint density at radius 1 is 0.862 bits per heavy atom. The molecule has 7 rings (SSSR count). The van der Waals surface area contributed by atoms with Crippen molar-refractivity contribution in [3.05, 3.63) is 51.7 Å². The second kappa shape index (κ2) is 18.3. The Morgan fingerprint density at radius 2 is 1.41 bits per heavy atom. The highest BCUT2D eigenvalue weighted by Crippen LogP contribution is 2.42. The summed E-state index contributed by atoms with van der Waals surface area (Å²) in [4.78, 5) is 37.7. The average molecular weight is 901 g/mol. The van der Waals surface area contributed by atoms with Gasteiger partial charge in [-0.25, -0.2) is 14.8 Å². The number of hydrogen-bond acceptors (Lipinski definition) is 12. The molecule has 4 aromatic rings. The first-order valence-electron chi connectivity index (χ1n) is 19.4. The fourth-order valence-electron chi connectivity index (χ4n) is 5.95. The summed E-state index contributed by atoms with van der Waals surface area (Å²) in [6.07, 6.45) is 9.33. The Labute approximate surface area is 358 Å². The molecule has 0 radical (unpaired) electrons. The number of halogens is 1. The zero-order chi connectivity index (χ0) is 42.6. The molecule has 3 aliphatic heterocycles. The number of rotatable bonds is 4. The Hall–Kier alpha value is -3.71. The van der Waals surface area contributed by atoms with Gasteiger partial charge in [0.05, 0.1) is 24.7 Å². The Balaban J connectivity index is 0.000000174. The van der Waals surface area contributed by atoms with Crippen LogP contribution in [0.5, 0.6) is 0 Å². The van der Waals surface area contributed by atoms with E-state index in [9.17, 15) is 9.59 Å². The number of thiophene rings is 2. The summed E-state index contributed by atoms with van der Waals surface area (Å²) in [5.41, 5.74) is -0.269. The van der Waals surface area contributed by atoms with Crippen molar-refractivity contribution in [2.75, 3.05) is 19.6 Å². The van der Waals surface area contributed by atoms with Crippen LogP contribution in [0.4, 0.5) is 9.59 Å². The molecule has 0 spiro atoms. The van der Waals surface area contributed by atoms with Gasteiger partial charge in [-0.1, -0.05) is 6.08 Å². The van der Waals surface area contributed by atoms with E-state index in [2.05, 4.69) is 82.0 Å². The molecular formula is C40H57BBrN8O6S2+. The maximum Gasteiger partial charge on any atom is 0.596 e. The molecule has 3 aliphatic rings. The van der Waals surface area contributed by atoms with E-state index in [0.717, 1.165) is 44.5 Å². The lowest BCUT2D eigenvalue weighted by Crippen LogP contribution is -2.41. The van der Waals surface area contributed by atoms with Gasteiger partial charge >= 0.3 is 19.3 Å². The summed E-state index contributed by atoms with van der Waals surface area (Å²) < 4.78 is 29.2. The van der Waals surface area contributed by atoms with Gasteiger partial charge < -0.3 is 23.7 Å². The van der Waals surface area contributed by atoms with E-state index in [1.807, 2.05) is 74.0 Å². The van der Waals surface area contributed by atoms with E-state index in [1.54, 1.807) is 54.2 Å². The molecule has 1 unspecified atom stereocenters. The zero-order valence-electron chi connectivity index (χ0n) is 35.7. The lowest BCUT2D eigenvalue weighted by molar-refractivity contribution is -0.452. The molecule has 14 nitrogen and oxygen atoms in total.